The first-order chi connectivity index (χ1) is 20.0. The lowest BCUT2D eigenvalue weighted by atomic mass is 9.70. The molecule has 2 aliphatic carbocycles. The van der Waals surface area contributed by atoms with Gasteiger partial charge in [-0.1, -0.05) is 139 Å². The Morgan fingerprint density at radius 3 is 1.71 bits per heavy atom. The number of aryl methyl sites for hydroxylation is 1. The maximum absolute atomic E-state index is 4.74. The summed E-state index contributed by atoms with van der Waals surface area (Å²) in [5, 5.41) is 0. The monoisotopic (exact) mass is 550 g/mol. The molecule has 2 heteroatoms. The fourth-order valence-corrected chi connectivity index (χ4v) is 7.28. The van der Waals surface area contributed by atoms with Gasteiger partial charge in [-0.05, 0) is 66.1 Å². The summed E-state index contributed by atoms with van der Waals surface area (Å²) in [6, 6.07) is 14.5. The Bertz CT molecular complexity index is 1290. The van der Waals surface area contributed by atoms with Crippen molar-refractivity contribution in [2.24, 2.45) is 9.98 Å². The molecule has 2 aliphatic rings. The summed E-state index contributed by atoms with van der Waals surface area (Å²) in [6.07, 6.45) is 23.1. The Hall–Kier alpha value is -2.74. The average Bonchev–Trinajstić information content (AvgIpc) is 3.24. The molecule has 0 bridgehead atoms. The maximum atomic E-state index is 4.74. The number of nitrogens with zero attached hydrogens (tertiary/aromatic N) is 2. The number of hydrogen-bond donors (Lipinski definition) is 0. The van der Waals surface area contributed by atoms with Crippen LogP contribution in [0.4, 0.5) is 0 Å². The molecule has 2 nitrogen and oxygen atoms in total. The van der Waals surface area contributed by atoms with E-state index in [-0.39, 0.29) is 5.41 Å². The number of unbranched alkanes of at least 4 members (excludes halogenated alkanes) is 10. The van der Waals surface area contributed by atoms with Crippen LogP contribution in [0.1, 0.15) is 133 Å². The minimum absolute atomic E-state index is 0.0917. The minimum Gasteiger partial charge on any atom is -0.286 e. The van der Waals surface area contributed by atoms with Crippen LogP contribution in [0.3, 0.4) is 0 Å². The molecular weight excluding hydrogens is 496 g/mol. The number of fused-ring (bicyclic) bond motifs is 3. The summed E-state index contributed by atoms with van der Waals surface area (Å²) in [7, 11) is 3.79. The summed E-state index contributed by atoms with van der Waals surface area (Å²) >= 11 is 0. The predicted octanol–water partition coefficient (Wildman–Crippen LogP) is 11.2. The Morgan fingerprint density at radius 2 is 1.12 bits per heavy atom. The van der Waals surface area contributed by atoms with Gasteiger partial charge < -0.3 is 0 Å². The second-order valence-corrected chi connectivity index (χ2v) is 12.5. The van der Waals surface area contributed by atoms with E-state index in [1.807, 2.05) is 14.1 Å². The summed E-state index contributed by atoms with van der Waals surface area (Å²) in [5.74, 6) is 0. The third kappa shape index (κ3) is 6.85. The Kier molecular flexibility index (Phi) is 11.4. The van der Waals surface area contributed by atoms with Gasteiger partial charge in [-0.15, -0.1) is 0 Å². The topological polar surface area (TPSA) is 24.7 Å². The standard InChI is InChI=1S/C39H54N2/c1-7-9-11-13-15-17-25-39(26-18-16-14-12-10-8-2)35-27-29(3)19-22-33(35)34-24-21-31(28-36(34)39)32-23-20-30(4)37(40-5)38(32)41-6/h19-24,27-28H,7-18,25-26H2,1-6H3. The summed E-state index contributed by atoms with van der Waals surface area (Å²) in [5.41, 5.74) is 13.2. The lowest BCUT2D eigenvalue weighted by Gasteiger charge is -2.33. The molecule has 0 atom stereocenters. The largest absolute Gasteiger partial charge is 0.286 e. The average molecular weight is 551 g/mol. The van der Waals surface area contributed by atoms with Crippen LogP contribution in [0.25, 0.3) is 16.7 Å². The molecule has 0 aromatic heterocycles. The van der Waals surface area contributed by atoms with E-state index in [1.54, 1.807) is 11.1 Å². The van der Waals surface area contributed by atoms with Gasteiger partial charge in [-0.25, -0.2) is 0 Å². The molecule has 2 aromatic rings. The van der Waals surface area contributed by atoms with Crippen LogP contribution in [0.2, 0.25) is 0 Å². The van der Waals surface area contributed by atoms with Crippen molar-refractivity contribution in [3.63, 3.8) is 0 Å². The van der Waals surface area contributed by atoms with Crippen molar-refractivity contribution in [3.05, 3.63) is 76.4 Å². The number of benzene rings is 2. The van der Waals surface area contributed by atoms with Crippen LogP contribution in [0.15, 0.2) is 64.1 Å². The second kappa shape index (κ2) is 14.9. The quantitative estimate of drug-likeness (QED) is 0.156. The van der Waals surface area contributed by atoms with Crippen LogP contribution < -0.4 is 0 Å². The molecule has 0 saturated heterocycles. The number of hydrogen-bond acceptors (Lipinski definition) is 2. The van der Waals surface area contributed by atoms with Gasteiger partial charge in [0.1, 0.15) is 0 Å². The van der Waals surface area contributed by atoms with Gasteiger partial charge in [-0.2, -0.15) is 0 Å². The molecule has 41 heavy (non-hydrogen) atoms. The molecule has 0 radical (unpaired) electrons. The van der Waals surface area contributed by atoms with Gasteiger partial charge in [0.15, 0.2) is 0 Å². The first kappa shape index (κ1) is 31.2. The van der Waals surface area contributed by atoms with Crippen LogP contribution in [0, 0.1) is 6.92 Å². The molecule has 2 aromatic carbocycles. The lowest BCUT2D eigenvalue weighted by Crippen LogP contribution is -2.26. The highest BCUT2D eigenvalue weighted by Gasteiger charge is 2.42. The molecule has 0 unspecified atom stereocenters. The predicted molar refractivity (Wildman–Crippen MR) is 182 cm³/mol. The van der Waals surface area contributed by atoms with E-state index in [1.165, 1.54) is 123 Å². The van der Waals surface area contributed by atoms with Crippen molar-refractivity contribution in [2.45, 2.75) is 123 Å². The first-order valence-electron chi connectivity index (χ1n) is 16.6. The molecule has 220 valence electrons. The van der Waals surface area contributed by atoms with Crippen molar-refractivity contribution < 1.29 is 0 Å². The fourth-order valence-electron chi connectivity index (χ4n) is 7.28. The van der Waals surface area contributed by atoms with Crippen molar-refractivity contribution in [2.75, 3.05) is 14.1 Å². The van der Waals surface area contributed by atoms with Gasteiger partial charge in [-0.3, -0.25) is 9.98 Å². The van der Waals surface area contributed by atoms with Crippen molar-refractivity contribution in [1.82, 2.24) is 0 Å². The molecule has 0 fully saturated rings. The normalized spacial score (nSPS) is 17.5. The van der Waals surface area contributed by atoms with Crippen molar-refractivity contribution in [3.8, 4) is 11.1 Å². The van der Waals surface area contributed by atoms with Crippen molar-refractivity contribution >= 4 is 17.0 Å². The third-order valence-corrected chi connectivity index (χ3v) is 9.54. The number of allylic oxidation sites excluding steroid dienone is 4. The highest BCUT2D eigenvalue weighted by molar-refractivity contribution is 6.63. The molecule has 0 heterocycles. The maximum Gasteiger partial charge on any atom is 0.0903 e. The van der Waals surface area contributed by atoms with E-state index in [9.17, 15) is 0 Å². The Labute approximate surface area is 251 Å². The first-order valence-corrected chi connectivity index (χ1v) is 16.6. The smallest absolute Gasteiger partial charge is 0.0903 e. The highest BCUT2D eigenvalue weighted by Crippen LogP contribution is 2.55. The van der Waals surface area contributed by atoms with Gasteiger partial charge in [0.25, 0.3) is 0 Å². The van der Waals surface area contributed by atoms with Gasteiger partial charge >= 0.3 is 0 Å². The second-order valence-electron chi connectivity index (χ2n) is 12.5. The van der Waals surface area contributed by atoms with Crippen LogP contribution in [-0.2, 0) is 5.41 Å². The number of aliphatic imine (C=N–C) groups is 2. The fraction of sp³-hybridized carbons (Fsp3) is 0.538. The zero-order valence-electron chi connectivity index (χ0n) is 26.9. The Balaban J connectivity index is 1.76. The zero-order valence-corrected chi connectivity index (χ0v) is 26.9. The summed E-state index contributed by atoms with van der Waals surface area (Å²) in [6.45, 7) is 9.02. The summed E-state index contributed by atoms with van der Waals surface area (Å²) < 4.78 is 0. The van der Waals surface area contributed by atoms with E-state index < -0.39 is 0 Å². The number of rotatable bonds is 15. The molecule has 0 aliphatic heterocycles. The zero-order chi connectivity index (χ0) is 29.2. The van der Waals surface area contributed by atoms with Crippen LogP contribution in [0.5, 0.6) is 0 Å². The molecule has 0 N–H and O–H groups in total. The lowest BCUT2D eigenvalue weighted by molar-refractivity contribution is 0.397. The van der Waals surface area contributed by atoms with Crippen LogP contribution >= 0.6 is 0 Å². The third-order valence-electron chi connectivity index (χ3n) is 9.54. The van der Waals surface area contributed by atoms with Gasteiger partial charge in [0.2, 0.25) is 0 Å². The van der Waals surface area contributed by atoms with Gasteiger partial charge in [0.05, 0.1) is 11.4 Å². The van der Waals surface area contributed by atoms with E-state index in [0.29, 0.717) is 0 Å². The van der Waals surface area contributed by atoms with Gasteiger partial charge in [0, 0.05) is 25.1 Å². The SMILES string of the molecule is CCCCCCCCC1(CCCCCCCC)c2cc(C)ccc2-c2ccc(C3=CC=C(C)C(=NC)C3=NC)cc21. The molecular formula is C39H54N2. The summed E-state index contributed by atoms with van der Waals surface area (Å²) in [4.78, 5) is 9.35. The minimum atomic E-state index is 0.0917. The molecule has 0 saturated carbocycles. The van der Waals surface area contributed by atoms with Crippen molar-refractivity contribution in [1.29, 1.82) is 0 Å². The molecule has 4 rings (SSSR count). The van der Waals surface area contributed by atoms with E-state index in [2.05, 4.69) is 81.2 Å². The molecule has 0 amide bonds. The Morgan fingerprint density at radius 1 is 0.585 bits per heavy atom. The van der Waals surface area contributed by atoms with E-state index in [0.717, 1.165) is 11.4 Å². The van der Waals surface area contributed by atoms with Crippen LogP contribution in [-0.4, -0.2) is 25.5 Å². The molecule has 0 spiro atoms. The highest BCUT2D eigenvalue weighted by atomic mass is 14.8. The van der Waals surface area contributed by atoms with E-state index >= 15 is 0 Å². The van der Waals surface area contributed by atoms with E-state index in [4.69, 9.17) is 4.99 Å².